The van der Waals surface area contributed by atoms with Crippen molar-refractivity contribution in [3.63, 3.8) is 0 Å². The normalized spacial score (nSPS) is 20.3. The molecule has 1 aromatic carbocycles. The third-order valence-corrected chi connectivity index (χ3v) is 5.74. The first kappa shape index (κ1) is 19.8. The molecule has 0 spiro atoms. The minimum absolute atomic E-state index is 0.0607. The number of hydrogen-bond acceptors (Lipinski definition) is 1. The number of rotatable bonds is 8. The van der Waals surface area contributed by atoms with E-state index in [0.717, 1.165) is 12.0 Å². The third-order valence-electron chi connectivity index (χ3n) is 5.74. The summed E-state index contributed by atoms with van der Waals surface area (Å²) in [6, 6.07) is 6.80. The lowest BCUT2D eigenvalue weighted by Gasteiger charge is -2.40. The molecule has 2 rings (SSSR count). The predicted octanol–water partition coefficient (Wildman–Crippen LogP) is 6.63. The van der Waals surface area contributed by atoms with Gasteiger partial charge in [-0.1, -0.05) is 77.7 Å². The van der Waals surface area contributed by atoms with Gasteiger partial charge in [0.25, 0.3) is 0 Å². The van der Waals surface area contributed by atoms with Gasteiger partial charge in [-0.05, 0) is 47.8 Å². The molecule has 2 unspecified atom stereocenters. The zero-order valence-corrected chi connectivity index (χ0v) is 16.7. The van der Waals surface area contributed by atoms with Crippen LogP contribution in [0, 0.1) is 5.92 Å². The van der Waals surface area contributed by atoms with Crippen LogP contribution in [0.2, 0.25) is 0 Å². The number of unbranched alkanes of at least 4 members (excludes halogenated alkanes) is 2. The average molecular weight is 343 g/mol. The molecule has 0 saturated heterocycles. The van der Waals surface area contributed by atoms with Gasteiger partial charge in [0, 0.05) is 11.5 Å². The Kier molecular flexibility index (Phi) is 6.48. The standard InChI is InChI=1S/C23H34O2/c1-7-8-9-10-20-16(6)21(23(24)25)22(20)19-12-17(14(2)3)11-18(13-19)15(4)5/h11-15,20,22H,7-10H2,1-6H3,(H,24,25). The first-order valence-electron chi connectivity index (χ1n) is 9.86. The molecule has 2 nitrogen and oxygen atoms in total. The maximum Gasteiger partial charge on any atom is 0.332 e. The van der Waals surface area contributed by atoms with Gasteiger partial charge in [-0.2, -0.15) is 0 Å². The van der Waals surface area contributed by atoms with Gasteiger partial charge in [-0.3, -0.25) is 0 Å². The fraction of sp³-hybridized carbons (Fsp3) is 0.609. The molecule has 1 aromatic rings. The molecule has 0 amide bonds. The van der Waals surface area contributed by atoms with E-state index in [1.165, 1.54) is 36.0 Å². The first-order chi connectivity index (χ1) is 11.8. The Morgan fingerprint density at radius 1 is 1.04 bits per heavy atom. The highest BCUT2D eigenvalue weighted by molar-refractivity contribution is 5.92. The van der Waals surface area contributed by atoms with E-state index in [9.17, 15) is 9.90 Å². The molecule has 2 atom stereocenters. The van der Waals surface area contributed by atoms with Crippen LogP contribution in [0.3, 0.4) is 0 Å². The van der Waals surface area contributed by atoms with E-state index < -0.39 is 5.97 Å². The predicted molar refractivity (Wildman–Crippen MR) is 105 cm³/mol. The number of carbonyl (C=O) groups is 1. The van der Waals surface area contributed by atoms with E-state index in [1.54, 1.807) is 0 Å². The van der Waals surface area contributed by atoms with Gasteiger partial charge in [0.1, 0.15) is 0 Å². The smallest absolute Gasteiger partial charge is 0.332 e. The molecule has 0 aromatic heterocycles. The fourth-order valence-corrected chi connectivity index (χ4v) is 4.05. The lowest BCUT2D eigenvalue weighted by molar-refractivity contribution is -0.133. The molecule has 0 fully saturated rings. The van der Waals surface area contributed by atoms with Crippen molar-refractivity contribution in [1.82, 2.24) is 0 Å². The zero-order valence-electron chi connectivity index (χ0n) is 16.7. The number of carboxylic acids is 1. The van der Waals surface area contributed by atoms with Crippen LogP contribution in [0.4, 0.5) is 0 Å². The first-order valence-corrected chi connectivity index (χ1v) is 9.86. The highest BCUT2D eigenvalue weighted by Gasteiger charge is 2.42. The molecular formula is C23H34O2. The van der Waals surface area contributed by atoms with Crippen molar-refractivity contribution in [2.24, 2.45) is 5.92 Å². The third kappa shape index (κ3) is 4.16. The van der Waals surface area contributed by atoms with E-state index in [-0.39, 0.29) is 5.92 Å². The Morgan fingerprint density at radius 2 is 1.60 bits per heavy atom. The quantitative estimate of drug-likeness (QED) is 0.538. The van der Waals surface area contributed by atoms with Gasteiger partial charge in [-0.25, -0.2) is 4.79 Å². The van der Waals surface area contributed by atoms with E-state index in [1.807, 2.05) is 6.92 Å². The number of hydrogen-bond donors (Lipinski definition) is 1. The van der Waals surface area contributed by atoms with Gasteiger partial charge in [-0.15, -0.1) is 0 Å². The lowest BCUT2D eigenvalue weighted by atomic mass is 9.63. The Labute approximate surface area is 153 Å². The molecule has 1 aliphatic carbocycles. The Bertz CT molecular complexity index is 626. The summed E-state index contributed by atoms with van der Waals surface area (Å²) in [7, 11) is 0. The molecule has 138 valence electrons. The largest absolute Gasteiger partial charge is 0.478 e. The second-order valence-corrected chi connectivity index (χ2v) is 8.22. The van der Waals surface area contributed by atoms with Crippen LogP contribution in [-0.4, -0.2) is 11.1 Å². The van der Waals surface area contributed by atoms with Crippen molar-refractivity contribution < 1.29 is 9.90 Å². The van der Waals surface area contributed by atoms with E-state index in [4.69, 9.17) is 0 Å². The Balaban J connectivity index is 2.43. The molecule has 0 bridgehead atoms. The number of allylic oxidation sites excluding steroid dienone is 1. The minimum Gasteiger partial charge on any atom is -0.478 e. The van der Waals surface area contributed by atoms with Crippen LogP contribution < -0.4 is 0 Å². The molecule has 0 aliphatic heterocycles. The van der Waals surface area contributed by atoms with Crippen LogP contribution in [0.1, 0.15) is 102 Å². The molecule has 0 saturated carbocycles. The highest BCUT2D eigenvalue weighted by Crippen LogP contribution is 2.50. The molecule has 0 radical (unpaired) electrons. The van der Waals surface area contributed by atoms with Crippen LogP contribution in [0.15, 0.2) is 29.3 Å². The molecular weight excluding hydrogens is 308 g/mol. The van der Waals surface area contributed by atoms with E-state index in [0.29, 0.717) is 23.3 Å². The monoisotopic (exact) mass is 342 g/mol. The second-order valence-electron chi connectivity index (χ2n) is 8.22. The van der Waals surface area contributed by atoms with Crippen LogP contribution in [0.5, 0.6) is 0 Å². The zero-order chi connectivity index (χ0) is 18.7. The summed E-state index contributed by atoms with van der Waals surface area (Å²) in [5.74, 6) is 0.616. The summed E-state index contributed by atoms with van der Waals surface area (Å²) in [6.07, 6.45) is 4.71. The topological polar surface area (TPSA) is 37.3 Å². The molecule has 2 heteroatoms. The van der Waals surface area contributed by atoms with Crippen LogP contribution >= 0.6 is 0 Å². The van der Waals surface area contributed by atoms with Gasteiger partial charge in [0.05, 0.1) is 0 Å². The highest BCUT2D eigenvalue weighted by atomic mass is 16.4. The van der Waals surface area contributed by atoms with Crippen LogP contribution in [0.25, 0.3) is 0 Å². The van der Waals surface area contributed by atoms with E-state index >= 15 is 0 Å². The van der Waals surface area contributed by atoms with Crippen molar-refractivity contribution in [2.75, 3.05) is 0 Å². The Hall–Kier alpha value is -1.57. The molecule has 0 heterocycles. The summed E-state index contributed by atoms with van der Waals surface area (Å²) in [4.78, 5) is 11.8. The van der Waals surface area contributed by atoms with Gasteiger partial charge < -0.3 is 5.11 Å². The van der Waals surface area contributed by atoms with Gasteiger partial charge >= 0.3 is 5.97 Å². The van der Waals surface area contributed by atoms with Crippen molar-refractivity contribution in [3.05, 3.63) is 46.0 Å². The van der Waals surface area contributed by atoms with E-state index in [2.05, 4.69) is 52.8 Å². The Morgan fingerprint density at radius 3 is 2.04 bits per heavy atom. The maximum atomic E-state index is 11.8. The summed E-state index contributed by atoms with van der Waals surface area (Å²) in [5, 5.41) is 9.72. The molecule has 25 heavy (non-hydrogen) atoms. The summed E-state index contributed by atoms with van der Waals surface area (Å²) in [6.45, 7) is 13.1. The van der Waals surface area contributed by atoms with Crippen molar-refractivity contribution in [3.8, 4) is 0 Å². The number of benzene rings is 1. The number of aliphatic carboxylic acids is 1. The number of carboxylic acid groups (broad SMARTS) is 1. The lowest BCUT2D eigenvalue weighted by Crippen LogP contribution is -2.32. The van der Waals surface area contributed by atoms with Crippen LogP contribution in [-0.2, 0) is 4.79 Å². The van der Waals surface area contributed by atoms with Crippen molar-refractivity contribution in [1.29, 1.82) is 0 Å². The van der Waals surface area contributed by atoms with Gasteiger partial charge in [0.2, 0.25) is 0 Å². The summed E-state index contributed by atoms with van der Waals surface area (Å²) >= 11 is 0. The molecule has 1 N–H and O–H groups in total. The fourth-order valence-electron chi connectivity index (χ4n) is 4.05. The second kappa shape index (κ2) is 8.21. The summed E-state index contributed by atoms with van der Waals surface area (Å²) in [5.41, 5.74) is 5.58. The van der Waals surface area contributed by atoms with Gasteiger partial charge in [0.15, 0.2) is 0 Å². The van der Waals surface area contributed by atoms with Crippen molar-refractivity contribution in [2.45, 2.75) is 85.0 Å². The summed E-state index contributed by atoms with van der Waals surface area (Å²) < 4.78 is 0. The maximum absolute atomic E-state index is 11.8. The molecule has 1 aliphatic rings. The minimum atomic E-state index is -0.740. The van der Waals surface area contributed by atoms with Crippen molar-refractivity contribution >= 4 is 5.97 Å². The average Bonchev–Trinajstić information content (AvgIpc) is 2.55. The SMILES string of the molecule is CCCCCC1C(C)=C(C(=O)O)C1c1cc(C(C)C)cc(C(C)C)c1.